The van der Waals surface area contributed by atoms with E-state index in [0.717, 1.165) is 28.8 Å². The van der Waals surface area contributed by atoms with E-state index in [0.29, 0.717) is 13.1 Å². The van der Waals surface area contributed by atoms with E-state index < -0.39 is 0 Å². The first-order valence-corrected chi connectivity index (χ1v) is 7.56. The second-order valence-corrected chi connectivity index (χ2v) is 6.19. The number of nitrogens with two attached hydrogens (primary N) is 1. The van der Waals surface area contributed by atoms with Gasteiger partial charge in [-0.3, -0.25) is 9.79 Å². The lowest BCUT2D eigenvalue weighted by molar-refractivity contribution is -0.117. The maximum Gasteiger partial charge on any atom is 0.252 e. The molecule has 0 aromatic rings. The number of allylic oxidation sites excluding steroid dienone is 4. The van der Waals surface area contributed by atoms with Crippen LogP contribution >= 0.6 is 11.8 Å². The predicted molar refractivity (Wildman–Crippen MR) is 83.5 cm³/mol. The molecule has 0 fully saturated rings. The Labute approximate surface area is 122 Å². The van der Waals surface area contributed by atoms with Crippen molar-refractivity contribution in [3.05, 3.63) is 46.1 Å². The molecule has 0 aromatic carbocycles. The van der Waals surface area contributed by atoms with Gasteiger partial charge in [-0.05, 0) is 36.0 Å². The van der Waals surface area contributed by atoms with Crippen LogP contribution in [-0.4, -0.2) is 30.0 Å². The highest BCUT2D eigenvalue weighted by Crippen LogP contribution is 2.55. The highest BCUT2D eigenvalue weighted by atomic mass is 32.2. The van der Waals surface area contributed by atoms with Crippen molar-refractivity contribution in [1.29, 1.82) is 0 Å². The number of nitrogens with one attached hydrogen (secondary N) is 1. The Kier molecular flexibility index (Phi) is 3.40. The van der Waals surface area contributed by atoms with Crippen molar-refractivity contribution in [3.8, 4) is 0 Å². The molecule has 1 aliphatic carbocycles. The Morgan fingerprint density at radius 2 is 2.45 bits per heavy atom. The van der Waals surface area contributed by atoms with Crippen LogP contribution in [0.2, 0.25) is 0 Å². The Hall–Kier alpha value is -1.59. The third-order valence-corrected chi connectivity index (χ3v) is 5.06. The van der Waals surface area contributed by atoms with Crippen LogP contribution in [0.1, 0.15) is 13.3 Å². The summed E-state index contributed by atoms with van der Waals surface area (Å²) in [4.78, 5) is 16.9. The highest BCUT2D eigenvalue weighted by molar-refractivity contribution is 8.04. The molecule has 20 heavy (non-hydrogen) atoms. The van der Waals surface area contributed by atoms with E-state index in [1.54, 1.807) is 11.8 Å². The lowest BCUT2D eigenvalue weighted by Gasteiger charge is -2.35. The summed E-state index contributed by atoms with van der Waals surface area (Å²) >= 11 is 1.69. The van der Waals surface area contributed by atoms with Crippen LogP contribution in [-0.2, 0) is 4.79 Å². The van der Waals surface area contributed by atoms with E-state index >= 15 is 0 Å². The lowest BCUT2D eigenvalue weighted by atomic mass is 9.80. The Morgan fingerprint density at radius 1 is 1.60 bits per heavy atom. The third-order valence-electron chi connectivity index (χ3n) is 3.73. The maximum absolute atomic E-state index is 12.3. The van der Waals surface area contributed by atoms with Gasteiger partial charge in [0.2, 0.25) is 0 Å². The zero-order valence-electron chi connectivity index (χ0n) is 11.3. The first-order valence-electron chi connectivity index (χ1n) is 6.68. The van der Waals surface area contributed by atoms with E-state index in [-0.39, 0.29) is 10.7 Å². The molecule has 5 heteroatoms. The second kappa shape index (κ2) is 5.07. The minimum atomic E-state index is -0.205. The average molecular weight is 287 g/mol. The summed E-state index contributed by atoms with van der Waals surface area (Å²) in [6.07, 6.45) is 8.93. The minimum Gasteiger partial charge on any atom is -0.351 e. The normalized spacial score (nSPS) is 26.9. The molecule has 104 valence electrons. The van der Waals surface area contributed by atoms with Gasteiger partial charge in [-0.25, -0.2) is 0 Å². The first-order chi connectivity index (χ1) is 9.69. The molecule has 0 saturated heterocycles. The molecule has 0 saturated carbocycles. The number of rotatable bonds is 3. The molecule has 0 aromatic heterocycles. The average Bonchev–Trinajstić information content (AvgIpc) is 2.85. The second-order valence-electron chi connectivity index (χ2n) is 5.02. The molecule has 3 rings (SSSR count). The Balaban J connectivity index is 1.98. The van der Waals surface area contributed by atoms with Gasteiger partial charge in [0.15, 0.2) is 0 Å². The van der Waals surface area contributed by atoms with Crippen LogP contribution < -0.4 is 11.1 Å². The van der Waals surface area contributed by atoms with E-state index in [9.17, 15) is 4.79 Å². The van der Waals surface area contributed by atoms with Gasteiger partial charge in [0, 0.05) is 19.3 Å². The van der Waals surface area contributed by atoms with Crippen molar-refractivity contribution in [1.82, 2.24) is 5.32 Å². The van der Waals surface area contributed by atoms with Crippen molar-refractivity contribution < 1.29 is 4.79 Å². The summed E-state index contributed by atoms with van der Waals surface area (Å²) in [7, 11) is 0. The smallest absolute Gasteiger partial charge is 0.252 e. The molecule has 1 unspecified atom stereocenters. The van der Waals surface area contributed by atoms with Gasteiger partial charge in [-0.2, -0.15) is 0 Å². The Bertz CT molecular complexity index is 613. The number of aliphatic imine (C=N–C) groups is 1. The zero-order valence-corrected chi connectivity index (χ0v) is 12.2. The van der Waals surface area contributed by atoms with Crippen LogP contribution in [0, 0.1) is 0 Å². The molecule has 0 radical (unpaired) electrons. The quantitative estimate of drug-likeness (QED) is 0.830. The number of carbonyl (C=O) groups is 1. The number of hydrogen-bond donors (Lipinski definition) is 2. The number of hydrogen-bond acceptors (Lipinski definition) is 4. The SMILES string of the molecule is CC1=C2C(C(=O)NCCN)=CSC23CC=CC=C3N=C1. The van der Waals surface area contributed by atoms with Crippen molar-refractivity contribution in [2.24, 2.45) is 10.7 Å². The van der Waals surface area contributed by atoms with E-state index in [4.69, 9.17) is 5.73 Å². The minimum absolute atomic E-state index is 0.0432. The molecule has 1 spiro atoms. The van der Waals surface area contributed by atoms with Crippen molar-refractivity contribution in [3.63, 3.8) is 0 Å². The fraction of sp³-hybridized carbons (Fsp3) is 0.333. The summed E-state index contributed by atoms with van der Waals surface area (Å²) in [5, 5.41) is 4.82. The van der Waals surface area contributed by atoms with Gasteiger partial charge < -0.3 is 11.1 Å². The topological polar surface area (TPSA) is 67.5 Å². The molecule has 4 nitrogen and oxygen atoms in total. The van der Waals surface area contributed by atoms with Crippen LogP contribution in [0.3, 0.4) is 0 Å². The fourth-order valence-electron chi connectivity index (χ4n) is 2.82. The molecule has 3 aliphatic rings. The first kappa shape index (κ1) is 13.4. The summed E-state index contributed by atoms with van der Waals surface area (Å²) in [6.45, 7) is 2.97. The Morgan fingerprint density at radius 3 is 3.25 bits per heavy atom. The number of dihydropyridines is 1. The zero-order chi connectivity index (χ0) is 14.2. The summed E-state index contributed by atoms with van der Waals surface area (Å²) in [6, 6.07) is 0. The largest absolute Gasteiger partial charge is 0.351 e. The number of nitrogens with zero attached hydrogens (tertiary/aromatic N) is 1. The van der Waals surface area contributed by atoms with Crippen molar-refractivity contribution in [2.45, 2.75) is 18.1 Å². The van der Waals surface area contributed by atoms with Gasteiger partial charge in [-0.1, -0.05) is 12.2 Å². The maximum atomic E-state index is 12.3. The summed E-state index contributed by atoms with van der Waals surface area (Å²) in [5.74, 6) is -0.0432. The van der Waals surface area contributed by atoms with E-state index in [1.807, 2.05) is 30.7 Å². The van der Waals surface area contributed by atoms with Crippen molar-refractivity contribution >= 4 is 23.9 Å². The molecule has 0 bridgehead atoms. The molecular weight excluding hydrogens is 270 g/mol. The standard InChI is InChI=1S/C15H17N3OS/c1-10-8-18-12-4-2-3-5-15(12)13(10)11(9-20-15)14(19)17-7-6-16/h2-4,8-9H,5-7,16H2,1H3,(H,17,19). The van der Waals surface area contributed by atoms with Gasteiger partial charge in [0.05, 0.1) is 16.0 Å². The predicted octanol–water partition coefficient (Wildman–Crippen LogP) is 1.68. The van der Waals surface area contributed by atoms with Crippen LogP contribution in [0.25, 0.3) is 0 Å². The number of carbonyl (C=O) groups excluding carboxylic acids is 1. The highest BCUT2D eigenvalue weighted by Gasteiger charge is 2.47. The molecule has 1 atom stereocenters. The van der Waals surface area contributed by atoms with Crippen LogP contribution in [0.5, 0.6) is 0 Å². The molecule has 2 aliphatic heterocycles. The van der Waals surface area contributed by atoms with Gasteiger partial charge in [0.1, 0.15) is 0 Å². The van der Waals surface area contributed by atoms with E-state index in [1.165, 1.54) is 0 Å². The monoisotopic (exact) mass is 287 g/mol. The van der Waals surface area contributed by atoms with Crippen molar-refractivity contribution in [2.75, 3.05) is 13.1 Å². The third kappa shape index (κ3) is 1.89. The molecular formula is C15H17N3OS. The summed E-state index contributed by atoms with van der Waals surface area (Å²) < 4.78 is -0.205. The molecule has 2 heterocycles. The summed E-state index contributed by atoms with van der Waals surface area (Å²) in [5.41, 5.74) is 9.40. The number of thioether (sulfide) groups is 1. The van der Waals surface area contributed by atoms with E-state index in [2.05, 4.69) is 16.4 Å². The molecule has 3 N–H and O–H groups in total. The van der Waals surface area contributed by atoms with Gasteiger partial charge in [-0.15, -0.1) is 11.8 Å². The van der Waals surface area contributed by atoms with Gasteiger partial charge in [0.25, 0.3) is 5.91 Å². The molecule has 1 amide bonds. The fourth-order valence-corrected chi connectivity index (χ4v) is 4.19. The van der Waals surface area contributed by atoms with Crippen LogP contribution in [0.15, 0.2) is 51.0 Å². The number of amides is 1. The van der Waals surface area contributed by atoms with Crippen LogP contribution in [0.4, 0.5) is 0 Å². The van der Waals surface area contributed by atoms with Gasteiger partial charge >= 0.3 is 0 Å². The lowest BCUT2D eigenvalue weighted by Crippen LogP contribution is -2.36.